The molecule has 0 aromatic carbocycles. The Morgan fingerprint density at radius 3 is 2.69 bits per heavy atom. The van der Waals surface area contributed by atoms with Gasteiger partial charge in [-0.1, -0.05) is 25.3 Å². The lowest BCUT2D eigenvalue weighted by Gasteiger charge is -2.26. The van der Waals surface area contributed by atoms with Crippen LogP contribution in [0.2, 0.25) is 0 Å². The Bertz CT molecular complexity index is 690. The predicted octanol–water partition coefficient (Wildman–Crippen LogP) is 2.61. The summed E-state index contributed by atoms with van der Waals surface area (Å²) in [7, 11) is 5.75. The predicted molar refractivity (Wildman–Crippen MR) is 129 cm³/mol. The minimum absolute atomic E-state index is 0. The molecule has 1 atom stereocenters. The molecule has 1 aromatic heterocycles. The topological polar surface area (TPSA) is 72.9 Å². The molecule has 1 amide bonds. The quantitative estimate of drug-likeness (QED) is 0.359. The fraction of sp³-hybridized carbons (Fsp3) is 0.667. The Balaban J connectivity index is 0.00000300. The molecule has 2 fully saturated rings. The van der Waals surface area contributed by atoms with Crippen LogP contribution < -0.4 is 15.5 Å². The fourth-order valence-electron chi connectivity index (χ4n) is 4.06. The molecule has 0 spiro atoms. The number of carbonyl (C=O) groups excluding carboxylic acids is 1. The Labute approximate surface area is 191 Å². The number of rotatable bonds is 5. The second-order valence-electron chi connectivity index (χ2n) is 8.06. The number of amides is 1. The van der Waals surface area contributed by atoms with Crippen LogP contribution in [0.4, 0.5) is 5.82 Å². The molecule has 1 unspecified atom stereocenters. The molecule has 1 aromatic rings. The summed E-state index contributed by atoms with van der Waals surface area (Å²) in [5.74, 6) is 2.31. The number of guanidine groups is 1. The summed E-state index contributed by atoms with van der Waals surface area (Å²) in [6, 6.07) is 6.27. The summed E-state index contributed by atoms with van der Waals surface area (Å²) in [4.78, 5) is 25.7. The molecule has 7 nitrogen and oxygen atoms in total. The molecule has 0 radical (unpaired) electrons. The maximum atomic E-state index is 12.7. The lowest BCUT2D eigenvalue weighted by molar-refractivity contribution is -0.135. The minimum atomic E-state index is 0. The van der Waals surface area contributed by atoms with Crippen LogP contribution in [0.5, 0.6) is 0 Å². The van der Waals surface area contributed by atoms with Gasteiger partial charge < -0.3 is 20.4 Å². The molecule has 2 N–H and O–H groups in total. The van der Waals surface area contributed by atoms with Gasteiger partial charge in [-0.2, -0.15) is 0 Å². The maximum Gasteiger partial charge on any atom is 0.225 e. The molecule has 1 aliphatic carbocycles. The summed E-state index contributed by atoms with van der Waals surface area (Å²) < 4.78 is 0. The molecule has 1 aliphatic heterocycles. The van der Waals surface area contributed by atoms with Crippen molar-refractivity contribution in [1.29, 1.82) is 0 Å². The van der Waals surface area contributed by atoms with Crippen molar-refractivity contribution in [3.05, 3.63) is 23.9 Å². The Morgan fingerprint density at radius 1 is 1.24 bits per heavy atom. The Kier molecular flexibility index (Phi) is 9.45. The molecule has 29 heavy (non-hydrogen) atoms. The molecule has 162 valence electrons. The first-order chi connectivity index (χ1) is 13.6. The van der Waals surface area contributed by atoms with Gasteiger partial charge in [-0.05, 0) is 31.4 Å². The van der Waals surface area contributed by atoms with Crippen LogP contribution in [0.3, 0.4) is 0 Å². The van der Waals surface area contributed by atoms with Gasteiger partial charge in [-0.3, -0.25) is 9.79 Å². The van der Waals surface area contributed by atoms with E-state index in [-0.39, 0.29) is 35.9 Å². The number of carbonyl (C=O) groups is 1. The van der Waals surface area contributed by atoms with Crippen molar-refractivity contribution in [3.8, 4) is 0 Å². The van der Waals surface area contributed by atoms with Crippen molar-refractivity contribution in [2.24, 2.45) is 10.9 Å². The standard InChI is InChI=1S/C21H34N6O.HI/c1-22-21(23-14-17-10-7-11-19(24-17)26(2)3)25-18-12-13-27(15-18)20(28)16-8-5-4-6-9-16;/h7,10-11,16,18H,4-6,8-9,12-15H2,1-3H3,(H2,22,23,25);1H. The summed E-state index contributed by atoms with van der Waals surface area (Å²) in [6.07, 6.45) is 6.78. The molecule has 2 aliphatic rings. The second-order valence-corrected chi connectivity index (χ2v) is 8.06. The first kappa shape index (κ1) is 23.7. The average molecular weight is 514 g/mol. The normalized spacial score (nSPS) is 20.2. The van der Waals surface area contributed by atoms with E-state index in [0.717, 1.165) is 49.8 Å². The summed E-state index contributed by atoms with van der Waals surface area (Å²) >= 11 is 0. The van der Waals surface area contributed by atoms with Crippen LogP contribution in [0.1, 0.15) is 44.2 Å². The second kappa shape index (κ2) is 11.6. The molecule has 1 saturated carbocycles. The smallest absolute Gasteiger partial charge is 0.225 e. The number of likely N-dealkylation sites (tertiary alicyclic amines) is 1. The average Bonchev–Trinajstić information content (AvgIpc) is 3.20. The minimum Gasteiger partial charge on any atom is -0.363 e. The zero-order valence-corrected chi connectivity index (χ0v) is 20.2. The van der Waals surface area contributed by atoms with E-state index in [0.29, 0.717) is 12.5 Å². The van der Waals surface area contributed by atoms with E-state index in [9.17, 15) is 4.79 Å². The lowest BCUT2D eigenvalue weighted by atomic mass is 9.88. The fourth-order valence-corrected chi connectivity index (χ4v) is 4.06. The molecule has 8 heteroatoms. The lowest BCUT2D eigenvalue weighted by Crippen LogP contribution is -2.45. The van der Waals surface area contributed by atoms with Crippen molar-refractivity contribution < 1.29 is 4.79 Å². The van der Waals surface area contributed by atoms with Crippen LogP contribution in [0.25, 0.3) is 0 Å². The van der Waals surface area contributed by atoms with E-state index < -0.39 is 0 Å². The van der Waals surface area contributed by atoms with E-state index in [1.807, 2.05) is 42.1 Å². The number of nitrogens with one attached hydrogen (secondary N) is 2. The number of pyridine rings is 1. The molecule has 1 saturated heterocycles. The summed E-state index contributed by atoms with van der Waals surface area (Å²) in [5, 5.41) is 6.81. The highest BCUT2D eigenvalue weighted by atomic mass is 127. The first-order valence-electron chi connectivity index (χ1n) is 10.5. The number of nitrogens with zero attached hydrogens (tertiary/aromatic N) is 4. The number of hydrogen-bond acceptors (Lipinski definition) is 4. The van der Waals surface area contributed by atoms with Crippen LogP contribution >= 0.6 is 24.0 Å². The number of halogens is 1. The molecule has 0 bridgehead atoms. The van der Waals surface area contributed by atoms with Gasteiger partial charge in [0.15, 0.2) is 5.96 Å². The first-order valence-corrected chi connectivity index (χ1v) is 10.5. The molecular formula is C21H35IN6O. The van der Waals surface area contributed by atoms with E-state index in [2.05, 4.69) is 20.6 Å². The van der Waals surface area contributed by atoms with Crippen molar-refractivity contribution in [2.45, 2.75) is 51.1 Å². The molecule has 3 rings (SSSR count). The van der Waals surface area contributed by atoms with Gasteiger partial charge in [-0.25, -0.2) is 4.98 Å². The number of aromatic nitrogens is 1. The van der Waals surface area contributed by atoms with Gasteiger partial charge >= 0.3 is 0 Å². The van der Waals surface area contributed by atoms with Gasteiger partial charge in [0, 0.05) is 46.2 Å². The number of aliphatic imine (C=N–C) groups is 1. The van der Waals surface area contributed by atoms with E-state index >= 15 is 0 Å². The van der Waals surface area contributed by atoms with Crippen molar-refractivity contribution in [1.82, 2.24) is 20.5 Å². The third-order valence-electron chi connectivity index (χ3n) is 5.71. The van der Waals surface area contributed by atoms with Gasteiger partial charge in [-0.15, -0.1) is 24.0 Å². The van der Waals surface area contributed by atoms with E-state index in [1.165, 1.54) is 19.3 Å². The van der Waals surface area contributed by atoms with Crippen molar-refractivity contribution >= 4 is 41.7 Å². The highest BCUT2D eigenvalue weighted by Gasteiger charge is 2.31. The highest BCUT2D eigenvalue weighted by molar-refractivity contribution is 14.0. The van der Waals surface area contributed by atoms with Crippen LogP contribution in [0, 0.1) is 5.92 Å². The Morgan fingerprint density at radius 2 is 2.00 bits per heavy atom. The van der Waals surface area contributed by atoms with Crippen LogP contribution in [-0.2, 0) is 11.3 Å². The van der Waals surface area contributed by atoms with Crippen molar-refractivity contribution in [3.63, 3.8) is 0 Å². The number of hydrogen-bond donors (Lipinski definition) is 2. The third-order valence-corrected chi connectivity index (χ3v) is 5.71. The summed E-state index contributed by atoms with van der Waals surface area (Å²) in [6.45, 7) is 2.22. The third kappa shape index (κ3) is 6.72. The highest BCUT2D eigenvalue weighted by Crippen LogP contribution is 2.26. The summed E-state index contributed by atoms with van der Waals surface area (Å²) in [5.41, 5.74) is 0.967. The molecular weight excluding hydrogens is 479 g/mol. The zero-order valence-electron chi connectivity index (χ0n) is 17.9. The van der Waals surface area contributed by atoms with E-state index in [4.69, 9.17) is 0 Å². The van der Waals surface area contributed by atoms with Gasteiger partial charge in [0.2, 0.25) is 5.91 Å². The van der Waals surface area contributed by atoms with Crippen LogP contribution in [-0.4, -0.2) is 62.0 Å². The van der Waals surface area contributed by atoms with Crippen molar-refractivity contribution in [2.75, 3.05) is 39.1 Å². The largest absolute Gasteiger partial charge is 0.363 e. The van der Waals surface area contributed by atoms with Gasteiger partial charge in [0.25, 0.3) is 0 Å². The van der Waals surface area contributed by atoms with Gasteiger partial charge in [0.1, 0.15) is 5.82 Å². The van der Waals surface area contributed by atoms with E-state index in [1.54, 1.807) is 7.05 Å². The monoisotopic (exact) mass is 514 g/mol. The SMILES string of the molecule is CN=C(NCc1cccc(N(C)C)n1)NC1CCN(C(=O)C2CCCCC2)C1.I. The number of anilines is 1. The van der Waals surface area contributed by atoms with Crippen LogP contribution in [0.15, 0.2) is 23.2 Å². The zero-order chi connectivity index (χ0) is 19.9. The Hall–Kier alpha value is -1.58. The van der Waals surface area contributed by atoms with Gasteiger partial charge in [0.05, 0.1) is 12.2 Å². The molecule has 2 heterocycles. The maximum absolute atomic E-state index is 12.7.